The van der Waals surface area contributed by atoms with Crippen molar-refractivity contribution in [3.8, 4) is 0 Å². The highest BCUT2D eigenvalue weighted by molar-refractivity contribution is 5.80. The monoisotopic (exact) mass is 458 g/mol. The molecule has 2 saturated heterocycles. The first-order chi connectivity index (χ1) is 14.9. The van der Waals surface area contributed by atoms with E-state index < -0.39 is 41.7 Å². The normalized spacial score (nSPS) is 41.1. The van der Waals surface area contributed by atoms with E-state index in [4.69, 9.17) is 14.2 Å². The molecule has 2 aliphatic heterocycles. The van der Waals surface area contributed by atoms with Gasteiger partial charge in [0.05, 0.1) is 29.3 Å². The van der Waals surface area contributed by atoms with Crippen LogP contribution in [0.5, 0.6) is 0 Å². The molecule has 2 aliphatic rings. The highest BCUT2D eigenvalue weighted by Gasteiger charge is 2.46. The minimum absolute atomic E-state index is 0.0375. The Kier molecular flexibility index (Phi) is 9.48. The summed E-state index contributed by atoms with van der Waals surface area (Å²) in [5, 5.41) is 24.1. The van der Waals surface area contributed by atoms with Crippen LogP contribution in [0, 0.1) is 5.92 Å². The molecule has 2 heterocycles. The molecule has 0 aliphatic carbocycles. The van der Waals surface area contributed by atoms with Gasteiger partial charge in [0, 0.05) is 40.1 Å². The van der Waals surface area contributed by atoms with E-state index in [1.165, 1.54) is 0 Å². The summed E-state index contributed by atoms with van der Waals surface area (Å²) < 4.78 is 17.7. The lowest BCUT2D eigenvalue weighted by Crippen LogP contribution is -2.57. The van der Waals surface area contributed by atoms with Gasteiger partial charge in [0.2, 0.25) is 11.8 Å². The van der Waals surface area contributed by atoms with Gasteiger partial charge in [-0.05, 0) is 46.5 Å². The molecule has 0 radical (unpaired) electrons. The molecule has 0 saturated carbocycles. The van der Waals surface area contributed by atoms with Crippen LogP contribution in [0.4, 0.5) is 0 Å². The maximum Gasteiger partial charge on any atom is 0.225 e. The van der Waals surface area contributed by atoms with Gasteiger partial charge in [0.25, 0.3) is 0 Å². The Labute approximate surface area is 191 Å². The van der Waals surface area contributed by atoms with Gasteiger partial charge in [0.15, 0.2) is 6.29 Å². The van der Waals surface area contributed by atoms with Gasteiger partial charge in [0.1, 0.15) is 6.10 Å². The fraction of sp³-hybridized carbons (Fsp3) is 0.913. The Hall–Kier alpha value is -1.26. The molecular weight excluding hydrogens is 416 g/mol. The van der Waals surface area contributed by atoms with Crippen LogP contribution < -0.4 is 5.32 Å². The number of methoxy groups -OCH3 is 1. The van der Waals surface area contributed by atoms with Crippen LogP contribution in [0.2, 0.25) is 0 Å². The Morgan fingerprint density at radius 3 is 2.56 bits per heavy atom. The van der Waals surface area contributed by atoms with Crippen LogP contribution in [-0.2, 0) is 23.8 Å². The van der Waals surface area contributed by atoms with Crippen LogP contribution in [0.25, 0.3) is 0 Å². The van der Waals surface area contributed by atoms with Crippen molar-refractivity contribution in [3.05, 3.63) is 0 Å². The summed E-state index contributed by atoms with van der Waals surface area (Å²) in [7, 11) is 3.29. The van der Waals surface area contributed by atoms with Gasteiger partial charge in [-0.15, -0.1) is 0 Å². The van der Waals surface area contributed by atoms with E-state index >= 15 is 0 Å². The summed E-state index contributed by atoms with van der Waals surface area (Å²) in [6, 6.07) is 0. The van der Waals surface area contributed by atoms with Crippen molar-refractivity contribution in [2.75, 3.05) is 27.2 Å². The molecule has 2 rings (SSSR count). The van der Waals surface area contributed by atoms with E-state index in [0.717, 1.165) is 0 Å². The van der Waals surface area contributed by atoms with E-state index in [0.29, 0.717) is 38.6 Å². The number of aliphatic hydroxyl groups is 2. The molecule has 9 nitrogen and oxygen atoms in total. The van der Waals surface area contributed by atoms with Crippen molar-refractivity contribution in [1.82, 2.24) is 10.2 Å². The number of ether oxygens (including phenoxy) is 3. The Balaban J connectivity index is 2.15. The summed E-state index contributed by atoms with van der Waals surface area (Å²) in [6.45, 7) is 7.97. The van der Waals surface area contributed by atoms with Gasteiger partial charge in [-0.1, -0.05) is 6.92 Å². The fourth-order valence-corrected chi connectivity index (χ4v) is 4.44. The number of nitrogens with zero attached hydrogens (tertiary/aromatic N) is 1. The van der Waals surface area contributed by atoms with Crippen molar-refractivity contribution in [2.45, 2.75) is 102 Å². The molecule has 2 amide bonds. The van der Waals surface area contributed by atoms with E-state index in [1.807, 2.05) is 6.92 Å². The molecule has 0 unspecified atom stereocenters. The largest absolute Gasteiger partial charge is 0.390 e. The van der Waals surface area contributed by atoms with Crippen molar-refractivity contribution >= 4 is 11.8 Å². The first kappa shape index (κ1) is 27.0. The van der Waals surface area contributed by atoms with Gasteiger partial charge in [-0.2, -0.15) is 0 Å². The number of amides is 2. The quantitative estimate of drug-likeness (QED) is 0.582. The summed E-state index contributed by atoms with van der Waals surface area (Å²) >= 11 is 0. The minimum atomic E-state index is -0.941. The standard InChI is InChI=1S/C23H42N2O7/c1-15-17(32-19-14-23(4,30-6)20(27)16(2)31-19)8-11-22(3,29)10-7-13-25(5)18(26)9-12-24-21(15)28/h15-17,19-20,27,29H,7-14H2,1-6H3,(H,24,28)/t15-,16+,17+,19+,20+,22-,23-/m1/s1. The average molecular weight is 459 g/mol. The first-order valence-electron chi connectivity index (χ1n) is 11.7. The van der Waals surface area contributed by atoms with E-state index in [2.05, 4.69) is 5.32 Å². The maximum atomic E-state index is 12.8. The van der Waals surface area contributed by atoms with Crippen molar-refractivity contribution in [2.24, 2.45) is 5.92 Å². The van der Waals surface area contributed by atoms with Gasteiger partial charge >= 0.3 is 0 Å². The number of aliphatic hydroxyl groups excluding tert-OH is 1. The topological polar surface area (TPSA) is 118 Å². The number of carbonyl (C=O) groups excluding carboxylic acids is 2. The zero-order valence-electron chi connectivity index (χ0n) is 20.4. The third kappa shape index (κ3) is 7.12. The zero-order valence-corrected chi connectivity index (χ0v) is 20.4. The Morgan fingerprint density at radius 1 is 1.22 bits per heavy atom. The lowest BCUT2D eigenvalue weighted by Gasteiger charge is -2.45. The van der Waals surface area contributed by atoms with Gasteiger partial charge < -0.3 is 34.6 Å². The van der Waals surface area contributed by atoms with Gasteiger partial charge in [-0.25, -0.2) is 0 Å². The molecule has 0 aromatic carbocycles. The predicted molar refractivity (Wildman–Crippen MR) is 119 cm³/mol. The maximum absolute atomic E-state index is 12.8. The molecule has 186 valence electrons. The molecular formula is C23H42N2O7. The lowest BCUT2D eigenvalue weighted by atomic mass is 9.87. The summed E-state index contributed by atoms with van der Waals surface area (Å²) in [4.78, 5) is 26.7. The number of hydrogen-bond donors (Lipinski definition) is 3. The molecule has 2 fully saturated rings. The lowest BCUT2D eigenvalue weighted by molar-refractivity contribution is -0.291. The number of carbonyl (C=O) groups is 2. The fourth-order valence-electron chi connectivity index (χ4n) is 4.44. The predicted octanol–water partition coefficient (Wildman–Crippen LogP) is 1.20. The average Bonchev–Trinajstić information content (AvgIpc) is 2.73. The highest BCUT2D eigenvalue weighted by atomic mass is 16.7. The van der Waals surface area contributed by atoms with E-state index in [9.17, 15) is 19.8 Å². The third-order valence-corrected chi connectivity index (χ3v) is 7.01. The summed E-state index contributed by atoms with van der Waals surface area (Å²) in [5.41, 5.74) is -1.77. The van der Waals surface area contributed by atoms with Crippen LogP contribution in [-0.4, -0.2) is 90.0 Å². The second-order valence-corrected chi connectivity index (χ2v) is 9.90. The number of rotatable bonds is 3. The van der Waals surface area contributed by atoms with Crippen LogP contribution in [0.15, 0.2) is 0 Å². The molecule has 3 N–H and O–H groups in total. The molecule has 0 bridgehead atoms. The SMILES string of the molecule is CO[C@]1(C)C[C@H](O[C@H]2CC[C@](C)(O)CCCN(C)C(=O)CCNC(=O)[C@@H]2C)O[C@@H](C)[C@@H]1O. The summed E-state index contributed by atoms with van der Waals surface area (Å²) in [6.07, 6.45) is 0.242. The van der Waals surface area contributed by atoms with Crippen molar-refractivity contribution in [3.63, 3.8) is 0 Å². The van der Waals surface area contributed by atoms with Gasteiger partial charge in [-0.3, -0.25) is 9.59 Å². The molecule has 32 heavy (non-hydrogen) atoms. The number of nitrogens with one attached hydrogen (secondary N) is 1. The van der Waals surface area contributed by atoms with Crippen LogP contribution in [0.3, 0.4) is 0 Å². The first-order valence-corrected chi connectivity index (χ1v) is 11.7. The second-order valence-electron chi connectivity index (χ2n) is 9.90. The molecule has 9 heteroatoms. The van der Waals surface area contributed by atoms with Crippen molar-refractivity contribution in [1.29, 1.82) is 0 Å². The van der Waals surface area contributed by atoms with Crippen LogP contribution >= 0.6 is 0 Å². The summed E-state index contributed by atoms with van der Waals surface area (Å²) in [5.74, 6) is -0.758. The van der Waals surface area contributed by atoms with Crippen molar-refractivity contribution < 1.29 is 34.0 Å². The van der Waals surface area contributed by atoms with E-state index in [1.54, 1.807) is 39.8 Å². The van der Waals surface area contributed by atoms with Crippen LogP contribution in [0.1, 0.15) is 66.2 Å². The second kappa shape index (κ2) is 11.2. The van der Waals surface area contributed by atoms with E-state index in [-0.39, 0.29) is 24.8 Å². The molecule has 7 atom stereocenters. The molecule has 0 spiro atoms. The molecule has 0 aromatic rings. The smallest absolute Gasteiger partial charge is 0.225 e. The Bertz CT molecular complexity index is 644. The minimum Gasteiger partial charge on any atom is -0.390 e. The molecule has 0 aromatic heterocycles. The number of hydrogen-bond acceptors (Lipinski definition) is 7. The third-order valence-electron chi connectivity index (χ3n) is 7.01. The zero-order chi connectivity index (χ0) is 24.1. The Morgan fingerprint density at radius 2 is 1.91 bits per heavy atom. The highest BCUT2D eigenvalue weighted by Crippen LogP contribution is 2.34.